The number of likely N-dealkylation sites (tertiary alicyclic amines) is 1. The number of H-pyrrole nitrogens is 1. The van der Waals surface area contributed by atoms with E-state index in [1.54, 1.807) is 0 Å². The number of anilines is 2. The lowest BCUT2D eigenvalue weighted by Gasteiger charge is -2.33. The molecule has 0 bridgehead atoms. The van der Waals surface area contributed by atoms with Crippen molar-refractivity contribution in [1.82, 2.24) is 9.88 Å². The van der Waals surface area contributed by atoms with Crippen LogP contribution in [-0.4, -0.2) is 54.8 Å². The third kappa shape index (κ3) is 8.27. The molecule has 2 heterocycles. The van der Waals surface area contributed by atoms with Crippen molar-refractivity contribution in [3.63, 3.8) is 0 Å². The topological polar surface area (TPSA) is 86.2 Å². The van der Waals surface area contributed by atoms with Crippen LogP contribution >= 0.6 is 23.2 Å². The number of aromatic amines is 1. The summed E-state index contributed by atoms with van der Waals surface area (Å²) in [6.07, 6.45) is -1.44. The monoisotopic (exact) mass is 645 g/mol. The SMILES string of the molecule is NCCCCNc1cc(C(c2ccc(Cl)cc2)c2ccc(Cl)cc2)cc2c(NC3CCN(CC(F)(F)F)CC3)cc(=O)[nH]c12. The Bertz CT molecular complexity index is 1560. The standard InChI is InChI=1S/C33H36Cl2F3N5O/c34-24-7-3-21(4-8-24)31(22-5-9-25(35)10-6-22)23-17-27-28(41-26-11-15-43(16-12-26)20-33(36,37)38)19-30(44)42-32(27)29(18-23)40-14-2-1-13-39/h3-10,17-19,26,31,40H,1-2,11-16,20,39H2,(H2,41,42,44). The highest BCUT2D eigenvalue weighted by Gasteiger charge is 2.32. The zero-order valence-electron chi connectivity index (χ0n) is 24.2. The summed E-state index contributed by atoms with van der Waals surface area (Å²) in [6.45, 7) is 0.996. The summed E-state index contributed by atoms with van der Waals surface area (Å²) in [5.74, 6) is -0.177. The molecule has 6 nitrogen and oxygen atoms in total. The van der Waals surface area contributed by atoms with Gasteiger partial charge in [-0.2, -0.15) is 13.2 Å². The molecule has 5 N–H and O–H groups in total. The second-order valence-corrected chi connectivity index (χ2v) is 12.2. The van der Waals surface area contributed by atoms with Crippen LogP contribution in [0.15, 0.2) is 71.5 Å². The molecule has 4 aromatic rings. The third-order valence-electron chi connectivity index (χ3n) is 8.01. The number of nitrogens with one attached hydrogen (secondary N) is 3. The molecule has 0 atom stereocenters. The molecule has 1 aliphatic rings. The number of hydrogen-bond donors (Lipinski definition) is 4. The van der Waals surface area contributed by atoms with E-state index in [0.717, 1.165) is 40.6 Å². The van der Waals surface area contributed by atoms with E-state index in [4.69, 9.17) is 28.9 Å². The summed E-state index contributed by atoms with van der Waals surface area (Å²) < 4.78 is 38.8. The molecule has 1 aliphatic heterocycles. The van der Waals surface area contributed by atoms with Gasteiger partial charge in [0, 0.05) is 58.8 Å². The lowest BCUT2D eigenvalue weighted by Crippen LogP contribution is -2.43. The number of alkyl halides is 3. The Balaban J connectivity index is 1.57. The summed E-state index contributed by atoms with van der Waals surface area (Å²) in [5.41, 5.74) is 10.6. The van der Waals surface area contributed by atoms with Crippen LogP contribution in [0, 0.1) is 0 Å². The third-order valence-corrected chi connectivity index (χ3v) is 8.51. The number of nitrogens with two attached hydrogens (primary N) is 1. The van der Waals surface area contributed by atoms with Gasteiger partial charge < -0.3 is 21.4 Å². The van der Waals surface area contributed by atoms with E-state index < -0.39 is 12.7 Å². The molecule has 44 heavy (non-hydrogen) atoms. The minimum Gasteiger partial charge on any atom is -0.383 e. The molecule has 0 unspecified atom stereocenters. The minimum atomic E-state index is -4.22. The number of rotatable bonds is 11. The number of nitrogens with zero attached hydrogens (tertiary/aromatic N) is 1. The molecule has 5 rings (SSSR count). The summed E-state index contributed by atoms with van der Waals surface area (Å²) in [5, 5.41) is 9.10. The van der Waals surface area contributed by atoms with Crippen LogP contribution in [0.1, 0.15) is 48.3 Å². The zero-order valence-corrected chi connectivity index (χ0v) is 25.7. The van der Waals surface area contributed by atoms with Gasteiger partial charge in [-0.15, -0.1) is 0 Å². The van der Waals surface area contributed by atoms with Crippen LogP contribution < -0.4 is 21.9 Å². The number of pyridine rings is 1. The smallest absolute Gasteiger partial charge is 0.383 e. The van der Waals surface area contributed by atoms with E-state index >= 15 is 0 Å². The molecule has 3 aromatic carbocycles. The van der Waals surface area contributed by atoms with Crippen molar-refractivity contribution in [3.8, 4) is 0 Å². The summed E-state index contributed by atoms with van der Waals surface area (Å²) in [6, 6.07) is 21.1. The predicted molar refractivity (Wildman–Crippen MR) is 174 cm³/mol. The highest BCUT2D eigenvalue weighted by Crippen LogP contribution is 2.38. The Morgan fingerprint density at radius 2 is 1.50 bits per heavy atom. The van der Waals surface area contributed by atoms with E-state index in [1.165, 1.54) is 11.0 Å². The molecule has 1 saturated heterocycles. The van der Waals surface area contributed by atoms with Crippen LogP contribution in [0.3, 0.4) is 0 Å². The summed E-state index contributed by atoms with van der Waals surface area (Å²) in [7, 11) is 0. The lowest BCUT2D eigenvalue weighted by atomic mass is 9.84. The maximum absolute atomic E-state index is 12.9. The van der Waals surface area contributed by atoms with Crippen LogP contribution in [0.25, 0.3) is 10.9 Å². The molecule has 0 radical (unpaired) electrons. The normalized spacial score (nSPS) is 14.8. The first-order valence-electron chi connectivity index (χ1n) is 14.8. The van der Waals surface area contributed by atoms with Gasteiger partial charge in [0.15, 0.2) is 0 Å². The number of halogens is 5. The van der Waals surface area contributed by atoms with Gasteiger partial charge in [-0.25, -0.2) is 0 Å². The van der Waals surface area contributed by atoms with E-state index in [0.29, 0.717) is 60.3 Å². The number of unbranched alkanes of at least 4 members (excludes halogenated alkanes) is 1. The molecule has 0 spiro atoms. The minimum absolute atomic E-state index is 0.0718. The van der Waals surface area contributed by atoms with Gasteiger partial charge in [0.05, 0.1) is 17.7 Å². The van der Waals surface area contributed by atoms with Gasteiger partial charge in [0.1, 0.15) is 0 Å². The Kier molecular flexibility index (Phi) is 10.4. The second kappa shape index (κ2) is 14.2. The van der Waals surface area contributed by atoms with E-state index in [2.05, 4.69) is 27.8 Å². The maximum Gasteiger partial charge on any atom is 0.401 e. The maximum atomic E-state index is 12.9. The average Bonchev–Trinajstić information content (AvgIpc) is 2.98. The van der Waals surface area contributed by atoms with Gasteiger partial charge in [0.25, 0.3) is 5.56 Å². The van der Waals surface area contributed by atoms with E-state index in [1.807, 2.05) is 48.5 Å². The molecular weight excluding hydrogens is 610 g/mol. The fourth-order valence-electron chi connectivity index (χ4n) is 5.89. The van der Waals surface area contributed by atoms with Crippen LogP contribution in [0.2, 0.25) is 10.0 Å². The molecular formula is C33H36Cl2F3N5O. The van der Waals surface area contributed by atoms with Crippen LogP contribution in [0.5, 0.6) is 0 Å². The molecule has 0 saturated carbocycles. The fraction of sp³-hybridized carbons (Fsp3) is 0.364. The molecule has 234 valence electrons. The number of hydrogen-bond acceptors (Lipinski definition) is 5. The second-order valence-electron chi connectivity index (χ2n) is 11.3. The van der Waals surface area contributed by atoms with Gasteiger partial charge in [-0.05, 0) is 85.3 Å². The Morgan fingerprint density at radius 1 is 0.886 bits per heavy atom. The number of piperidine rings is 1. The van der Waals surface area contributed by atoms with Crippen molar-refractivity contribution in [2.45, 2.75) is 43.8 Å². The Labute approximate surface area is 264 Å². The molecule has 0 aliphatic carbocycles. The van der Waals surface area contributed by atoms with Crippen molar-refractivity contribution in [2.75, 3.05) is 43.4 Å². The molecule has 1 fully saturated rings. The Morgan fingerprint density at radius 3 is 2.07 bits per heavy atom. The van der Waals surface area contributed by atoms with E-state index in [9.17, 15) is 18.0 Å². The first kappa shape index (κ1) is 32.2. The van der Waals surface area contributed by atoms with Crippen LogP contribution in [0.4, 0.5) is 24.5 Å². The number of aromatic nitrogens is 1. The molecule has 11 heteroatoms. The van der Waals surface area contributed by atoms with Gasteiger partial charge >= 0.3 is 6.18 Å². The zero-order chi connectivity index (χ0) is 31.3. The lowest BCUT2D eigenvalue weighted by molar-refractivity contribution is -0.147. The van der Waals surface area contributed by atoms with Crippen molar-refractivity contribution >= 4 is 45.5 Å². The highest BCUT2D eigenvalue weighted by atomic mass is 35.5. The number of fused-ring (bicyclic) bond motifs is 1. The number of benzene rings is 3. The van der Waals surface area contributed by atoms with Crippen molar-refractivity contribution in [3.05, 3.63) is 104 Å². The van der Waals surface area contributed by atoms with Crippen molar-refractivity contribution in [1.29, 1.82) is 0 Å². The van der Waals surface area contributed by atoms with Crippen molar-refractivity contribution < 1.29 is 13.2 Å². The quantitative estimate of drug-likeness (QED) is 0.0997. The summed E-state index contributed by atoms with van der Waals surface area (Å²) >= 11 is 12.5. The highest BCUT2D eigenvalue weighted by molar-refractivity contribution is 6.30. The first-order chi connectivity index (χ1) is 21.1. The molecule has 0 amide bonds. The van der Waals surface area contributed by atoms with Gasteiger partial charge in [0.2, 0.25) is 0 Å². The van der Waals surface area contributed by atoms with Crippen LogP contribution in [-0.2, 0) is 0 Å². The van der Waals surface area contributed by atoms with E-state index in [-0.39, 0.29) is 17.5 Å². The van der Waals surface area contributed by atoms with Gasteiger partial charge in [-0.1, -0.05) is 47.5 Å². The van der Waals surface area contributed by atoms with Crippen molar-refractivity contribution in [2.24, 2.45) is 5.73 Å². The predicted octanol–water partition coefficient (Wildman–Crippen LogP) is 7.60. The first-order valence-corrected chi connectivity index (χ1v) is 15.6. The molecule has 1 aromatic heterocycles. The van der Waals surface area contributed by atoms with Gasteiger partial charge in [-0.3, -0.25) is 9.69 Å². The average molecular weight is 647 g/mol. The largest absolute Gasteiger partial charge is 0.401 e. The summed E-state index contributed by atoms with van der Waals surface area (Å²) in [4.78, 5) is 17.4. The fourth-order valence-corrected chi connectivity index (χ4v) is 6.15. The Hall–Kier alpha value is -3.24.